The minimum absolute atomic E-state index is 0.0452. The number of nitrogens with one attached hydrogen (secondary N) is 1. The van der Waals surface area contributed by atoms with Crippen LogP contribution in [0.15, 0.2) is 24.3 Å². The third-order valence-corrected chi connectivity index (χ3v) is 2.36. The Morgan fingerprint density at radius 3 is 2.33 bits per heavy atom. The molecule has 0 radical (unpaired) electrons. The summed E-state index contributed by atoms with van der Waals surface area (Å²) in [6.45, 7) is 0. The van der Waals surface area contributed by atoms with Crippen molar-refractivity contribution in [3.8, 4) is 5.75 Å². The van der Waals surface area contributed by atoms with E-state index in [-0.39, 0.29) is 18.5 Å². The molecule has 0 saturated carbocycles. The highest BCUT2D eigenvalue weighted by atomic mass is 19.4. The molecule has 6 nitrogen and oxygen atoms in total. The molecule has 1 aromatic rings. The van der Waals surface area contributed by atoms with Crippen molar-refractivity contribution in [2.24, 2.45) is 5.73 Å². The number of benzene rings is 1. The van der Waals surface area contributed by atoms with Gasteiger partial charge in [-0.2, -0.15) is 0 Å². The first-order valence-corrected chi connectivity index (χ1v) is 5.81. The van der Waals surface area contributed by atoms with Gasteiger partial charge in [0.15, 0.2) is 0 Å². The summed E-state index contributed by atoms with van der Waals surface area (Å²) in [5, 5.41) is 10.8. The van der Waals surface area contributed by atoms with Crippen LogP contribution in [0.2, 0.25) is 0 Å². The molecule has 0 saturated heterocycles. The number of carboxylic acid groups (broad SMARTS) is 1. The number of alkyl halides is 3. The molecule has 0 fully saturated rings. The molecule has 4 N–H and O–H groups in total. The lowest BCUT2D eigenvalue weighted by Crippen LogP contribution is -2.36. The van der Waals surface area contributed by atoms with Crippen LogP contribution < -0.4 is 15.8 Å². The van der Waals surface area contributed by atoms with Gasteiger partial charge in [0, 0.05) is 12.1 Å². The Labute approximate surface area is 117 Å². The van der Waals surface area contributed by atoms with Gasteiger partial charge in [-0.3, -0.25) is 9.59 Å². The molecule has 9 heteroatoms. The van der Waals surface area contributed by atoms with Crippen molar-refractivity contribution in [3.05, 3.63) is 24.3 Å². The van der Waals surface area contributed by atoms with E-state index in [0.29, 0.717) is 0 Å². The maximum Gasteiger partial charge on any atom is 0.573 e. The lowest BCUT2D eigenvalue weighted by Gasteiger charge is -2.12. The number of aliphatic carboxylic acids is 1. The number of amides is 1. The summed E-state index contributed by atoms with van der Waals surface area (Å²) in [6, 6.07) is 3.47. The van der Waals surface area contributed by atoms with E-state index in [9.17, 15) is 22.8 Å². The number of hydrogen-bond donors (Lipinski definition) is 3. The number of carboxylic acids is 1. The highest BCUT2D eigenvalue weighted by Crippen LogP contribution is 2.23. The summed E-state index contributed by atoms with van der Waals surface area (Å²) in [7, 11) is 0. The van der Waals surface area contributed by atoms with Crippen LogP contribution >= 0.6 is 0 Å². The minimum atomic E-state index is -4.79. The van der Waals surface area contributed by atoms with Crippen LogP contribution in [-0.2, 0) is 9.59 Å². The fraction of sp³-hybridized carbons (Fsp3) is 0.333. The van der Waals surface area contributed by atoms with E-state index in [4.69, 9.17) is 10.8 Å². The van der Waals surface area contributed by atoms with Gasteiger partial charge in [0.2, 0.25) is 5.91 Å². The lowest BCUT2D eigenvalue weighted by molar-refractivity contribution is -0.274. The first-order chi connectivity index (χ1) is 9.67. The molecule has 0 spiro atoms. The Hall–Kier alpha value is -2.29. The van der Waals surface area contributed by atoms with Gasteiger partial charge in [0.1, 0.15) is 5.75 Å². The molecule has 1 aromatic carbocycles. The predicted octanol–water partition coefficient (Wildman–Crippen LogP) is 1.72. The van der Waals surface area contributed by atoms with Crippen LogP contribution in [0.5, 0.6) is 5.75 Å². The Balaban J connectivity index is 2.55. The minimum Gasteiger partial charge on any atom is -0.481 e. The largest absolute Gasteiger partial charge is 0.573 e. The average Bonchev–Trinajstić information content (AvgIpc) is 2.36. The van der Waals surface area contributed by atoms with Crippen LogP contribution in [0.1, 0.15) is 12.8 Å². The van der Waals surface area contributed by atoms with E-state index in [1.165, 1.54) is 12.1 Å². The normalized spacial score (nSPS) is 12.6. The molecular formula is C12H13F3N2O4. The average molecular weight is 306 g/mol. The number of rotatable bonds is 6. The van der Waals surface area contributed by atoms with Gasteiger partial charge in [0.25, 0.3) is 0 Å². The maximum atomic E-state index is 12.0. The van der Waals surface area contributed by atoms with E-state index >= 15 is 0 Å². The zero-order valence-electron chi connectivity index (χ0n) is 10.7. The Morgan fingerprint density at radius 1 is 1.29 bits per heavy atom. The van der Waals surface area contributed by atoms with E-state index in [0.717, 1.165) is 12.1 Å². The third kappa shape index (κ3) is 6.61. The van der Waals surface area contributed by atoms with Crippen LogP contribution in [0.4, 0.5) is 18.9 Å². The van der Waals surface area contributed by atoms with Gasteiger partial charge < -0.3 is 20.9 Å². The topological polar surface area (TPSA) is 102 Å². The van der Waals surface area contributed by atoms with Crippen LogP contribution in [0, 0.1) is 0 Å². The van der Waals surface area contributed by atoms with Crippen molar-refractivity contribution in [3.63, 3.8) is 0 Å². The number of anilines is 1. The number of carbonyl (C=O) groups is 2. The molecule has 0 aliphatic heterocycles. The zero-order chi connectivity index (χ0) is 16.0. The first-order valence-electron chi connectivity index (χ1n) is 5.81. The third-order valence-electron chi connectivity index (χ3n) is 2.36. The quantitative estimate of drug-likeness (QED) is 0.742. The van der Waals surface area contributed by atoms with Gasteiger partial charge in [-0.05, 0) is 30.7 Å². The second kappa shape index (κ2) is 6.93. The summed E-state index contributed by atoms with van der Waals surface area (Å²) < 4.78 is 39.5. The summed E-state index contributed by atoms with van der Waals surface area (Å²) in [5.41, 5.74) is 5.70. The summed E-state index contributed by atoms with van der Waals surface area (Å²) in [6.07, 6.45) is -5.09. The van der Waals surface area contributed by atoms with Crippen LogP contribution in [-0.4, -0.2) is 29.4 Å². The molecule has 1 atom stereocenters. The number of carbonyl (C=O) groups excluding carboxylic acids is 1. The number of nitrogens with two attached hydrogens (primary N) is 1. The van der Waals surface area contributed by atoms with Crippen LogP contribution in [0.3, 0.4) is 0 Å². The molecule has 0 aromatic heterocycles. The molecule has 0 aliphatic carbocycles. The highest BCUT2D eigenvalue weighted by Gasteiger charge is 2.31. The second-order valence-corrected chi connectivity index (χ2v) is 4.10. The molecule has 0 heterocycles. The van der Waals surface area contributed by atoms with Crippen LogP contribution in [0.25, 0.3) is 0 Å². The fourth-order valence-corrected chi connectivity index (χ4v) is 1.38. The molecule has 1 rings (SSSR count). The Morgan fingerprint density at radius 2 is 1.86 bits per heavy atom. The zero-order valence-corrected chi connectivity index (χ0v) is 10.7. The van der Waals surface area contributed by atoms with Gasteiger partial charge in [-0.1, -0.05) is 0 Å². The molecule has 21 heavy (non-hydrogen) atoms. The number of hydrogen-bond acceptors (Lipinski definition) is 4. The molecule has 0 bridgehead atoms. The Kier molecular flexibility index (Phi) is 5.53. The Bertz CT molecular complexity index is 502. The second-order valence-electron chi connectivity index (χ2n) is 4.10. The monoisotopic (exact) mass is 306 g/mol. The molecule has 1 unspecified atom stereocenters. The SMILES string of the molecule is NC(CCC(=O)O)C(=O)Nc1ccc(OC(F)(F)F)cc1. The maximum absolute atomic E-state index is 12.0. The summed E-state index contributed by atoms with van der Waals surface area (Å²) >= 11 is 0. The number of halogens is 3. The molecule has 1 amide bonds. The van der Waals surface area contributed by atoms with Crippen molar-refractivity contribution in [2.45, 2.75) is 25.2 Å². The van der Waals surface area contributed by atoms with Crippen molar-refractivity contribution in [2.75, 3.05) is 5.32 Å². The van der Waals surface area contributed by atoms with Crippen molar-refractivity contribution >= 4 is 17.6 Å². The number of ether oxygens (including phenoxy) is 1. The molecular weight excluding hydrogens is 293 g/mol. The molecule has 116 valence electrons. The summed E-state index contributed by atoms with van der Waals surface area (Å²) in [5.74, 6) is -2.12. The summed E-state index contributed by atoms with van der Waals surface area (Å²) in [4.78, 5) is 21.9. The van der Waals surface area contributed by atoms with E-state index in [1.54, 1.807) is 0 Å². The van der Waals surface area contributed by atoms with E-state index in [2.05, 4.69) is 10.1 Å². The lowest BCUT2D eigenvalue weighted by atomic mass is 10.1. The van der Waals surface area contributed by atoms with Crippen molar-refractivity contribution in [1.29, 1.82) is 0 Å². The smallest absolute Gasteiger partial charge is 0.481 e. The first kappa shape index (κ1) is 16.8. The van der Waals surface area contributed by atoms with Crippen molar-refractivity contribution in [1.82, 2.24) is 0 Å². The van der Waals surface area contributed by atoms with Gasteiger partial charge in [-0.15, -0.1) is 13.2 Å². The van der Waals surface area contributed by atoms with E-state index < -0.39 is 30.0 Å². The predicted molar refractivity (Wildman–Crippen MR) is 66.6 cm³/mol. The van der Waals surface area contributed by atoms with Gasteiger partial charge in [-0.25, -0.2) is 0 Å². The fourth-order valence-electron chi connectivity index (χ4n) is 1.38. The van der Waals surface area contributed by atoms with Gasteiger partial charge >= 0.3 is 12.3 Å². The van der Waals surface area contributed by atoms with E-state index in [1.807, 2.05) is 0 Å². The van der Waals surface area contributed by atoms with Gasteiger partial charge in [0.05, 0.1) is 6.04 Å². The molecule has 0 aliphatic rings. The van der Waals surface area contributed by atoms with Crippen molar-refractivity contribution < 1.29 is 32.6 Å². The highest BCUT2D eigenvalue weighted by molar-refractivity contribution is 5.94. The standard InChI is InChI=1S/C12H13F3N2O4/c13-12(14,15)21-8-3-1-7(2-4-8)17-11(20)9(16)5-6-10(18)19/h1-4,9H,5-6,16H2,(H,17,20)(H,18,19).